The number of carbonyl (C=O) groups is 2. The van der Waals surface area contributed by atoms with Gasteiger partial charge in [0.05, 0.1) is 10.6 Å². The van der Waals surface area contributed by atoms with Crippen LogP contribution in [-0.4, -0.2) is 17.9 Å². The fourth-order valence-electron chi connectivity index (χ4n) is 3.93. The van der Waals surface area contributed by atoms with Crippen molar-refractivity contribution in [3.8, 4) is 0 Å². The van der Waals surface area contributed by atoms with Crippen molar-refractivity contribution in [1.29, 1.82) is 0 Å². The summed E-state index contributed by atoms with van der Waals surface area (Å²) in [5, 5.41) is 3.89. The van der Waals surface area contributed by atoms with Gasteiger partial charge in [-0.1, -0.05) is 35.3 Å². The van der Waals surface area contributed by atoms with Crippen LogP contribution in [0.25, 0.3) is 0 Å². The number of benzene rings is 3. The molecule has 1 N–H and O–H groups in total. The summed E-state index contributed by atoms with van der Waals surface area (Å²) in [6, 6.07) is 19.6. The van der Waals surface area contributed by atoms with Crippen molar-refractivity contribution >= 4 is 46.4 Å². The van der Waals surface area contributed by atoms with Crippen molar-refractivity contribution in [3.63, 3.8) is 0 Å². The third-order valence-corrected chi connectivity index (χ3v) is 6.10. The highest BCUT2D eigenvalue weighted by atomic mass is 35.5. The normalized spacial score (nSPS) is 15.7. The lowest BCUT2D eigenvalue weighted by Crippen LogP contribution is -2.38. The molecule has 2 amide bonds. The second-order valence-corrected chi connectivity index (χ2v) is 8.54. The first-order valence-corrected chi connectivity index (χ1v) is 11.0. The lowest BCUT2D eigenvalue weighted by atomic mass is 10.1. The molecule has 158 valence electrons. The highest BCUT2D eigenvalue weighted by Crippen LogP contribution is 2.33. The summed E-state index contributed by atoms with van der Waals surface area (Å²) in [5.74, 6) is -0.362. The van der Waals surface area contributed by atoms with Crippen LogP contribution >= 0.6 is 23.2 Å². The van der Waals surface area contributed by atoms with Gasteiger partial charge in [0.2, 0.25) is 0 Å². The molecule has 1 heterocycles. The largest absolute Gasteiger partial charge is 0.322 e. The summed E-state index contributed by atoms with van der Waals surface area (Å²) in [5.41, 5.74) is 3.56. The van der Waals surface area contributed by atoms with Gasteiger partial charge in [-0.05, 0) is 86.3 Å². The summed E-state index contributed by atoms with van der Waals surface area (Å²) in [4.78, 5) is 27.7. The van der Waals surface area contributed by atoms with E-state index in [-0.39, 0.29) is 17.9 Å². The third-order valence-electron chi connectivity index (χ3n) is 5.54. The van der Waals surface area contributed by atoms with E-state index in [9.17, 15) is 9.59 Å². The zero-order valence-electron chi connectivity index (χ0n) is 17.1. The van der Waals surface area contributed by atoms with Crippen LogP contribution in [0.4, 0.5) is 11.4 Å². The smallest absolute Gasteiger partial charge is 0.258 e. The molecule has 3 aromatic rings. The van der Waals surface area contributed by atoms with E-state index in [0.717, 1.165) is 30.5 Å². The van der Waals surface area contributed by atoms with E-state index in [1.807, 2.05) is 23.1 Å². The second kappa shape index (κ2) is 9.13. The standard InChI is InChI=1S/C25H22Cl2N2O2/c1-16-5-4-6-18-15-19(26)11-14-23(18)29(16)25(31)17-9-12-20(13-10-17)28-24(30)21-7-2-3-8-22(21)27/h2-3,7-16H,4-6H2,1H3,(H,28,30). The number of fused-ring (bicyclic) bond motifs is 1. The van der Waals surface area contributed by atoms with Crippen LogP contribution in [0.2, 0.25) is 10.0 Å². The lowest BCUT2D eigenvalue weighted by Gasteiger charge is -2.29. The Kier molecular flexibility index (Phi) is 6.30. The number of hydrogen-bond acceptors (Lipinski definition) is 2. The van der Waals surface area contributed by atoms with Gasteiger partial charge in [-0.3, -0.25) is 9.59 Å². The molecule has 0 bridgehead atoms. The molecule has 0 aliphatic carbocycles. The van der Waals surface area contributed by atoms with E-state index in [4.69, 9.17) is 23.2 Å². The van der Waals surface area contributed by atoms with Crippen molar-refractivity contribution in [3.05, 3.63) is 93.5 Å². The Hall–Kier alpha value is -2.82. The number of halogens is 2. The monoisotopic (exact) mass is 452 g/mol. The molecule has 4 nitrogen and oxygen atoms in total. The van der Waals surface area contributed by atoms with Gasteiger partial charge < -0.3 is 10.2 Å². The van der Waals surface area contributed by atoms with Crippen molar-refractivity contribution in [2.75, 3.05) is 10.2 Å². The first kappa shape index (κ1) is 21.4. The van der Waals surface area contributed by atoms with E-state index in [1.165, 1.54) is 0 Å². The van der Waals surface area contributed by atoms with Gasteiger partial charge in [-0.2, -0.15) is 0 Å². The molecule has 0 fully saturated rings. The van der Waals surface area contributed by atoms with Crippen LogP contribution in [0.15, 0.2) is 66.7 Å². The Bertz CT molecular complexity index is 1130. The molecule has 0 saturated heterocycles. The SMILES string of the molecule is CC1CCCc2cc(Cl)ccc2N1C(=O)c1ccc(NC(=O)c2ccccc2Cl)cc1. The quantitative estimate of drug-likeness (QED) is 0.485. The number of amides is 2. The summed E-state index contributed by atoms with van der Waals surface area (Å²) in [6.45, 7) is 2.07. The second-order valence-electron chi connectivity index (χ2n) is 7.70. The molecule has 0 saturated carbocycles. The summed E-state index contributed by atoms with van der Waals surface area (Å²) >= 11 is 12.3. The maximum atomic E-state index is 13.4. The van der Waals surface area contributed by atoms with Gasteiger partial charge in [-0.25, -0.2) is 0 Å². The zero-order chi connectivity index (χ0) is 22.0. The molecule has 0 spiro atoms. The Morgan fingerprint density at radius 3 is 2.48 bits per heavy atom. The topological polar surface area (TPSA) is 49.4 Å². The number of nitrogens with one attached hydrogen (secondary N) is 1. The van der Waals surface area contributed by atoms with E-state index in [2.05, 4.69) is 12.2 Å². The lowest BCUT2D eigenvalue weighted by molar-refractivity contribution is 0.0977. The Morgan fingerprint density at radius 1 is 1.00 bits per heavy atom. The van der Waals surface area contributed by atoms with Gasteiger partial charge in [0.1, 0.15) is 0 Å². The molecule has 6 heteroatoms. The average molecular weight is 453 g/mol. The van der Waals surface area contributed by atoms with Crippen LogP contribution in [-0.2, 0) is 6.42 Å². The number of aryl methyl sites for hydroxylation is 1. The number of rotatable bonds is 3. The predicted molar refractivity (Wildman–Crippen MR) is 127 cm³/mol. The minimum Gasteiger partial charge on any atom is -0.322 e. The Labute approximate surface area is 191 Å². The van der Waals surface area contributed by atoms with Gasteiger partial charge in [0, 0.05) is 28.0 Å². The Morgan fingerprint density at radius 2 is 1.74 bits per heavy atom. The first-order valence-electron chi connectivity index (χ1n) is 10.2. The van der Waals surface area contributed by atoms with Crippen molar-refractivity contribution < 1.29 is 9.59 Å². The van der Waals surface area contributed by atoms with E-state index in [0.29, 0.717) is 26.9 Å². The van der Waals surface area contributed by atoms with Crippen LogP contribution < -0.4 is 10.2 Å². The fourth-order valence-corrected chi connectivity index (χ4v) is 4.35. The van der Waals surface area contributed by atoms with Crippen LogP contribution in [0.5, 0.6) is 0 Å². The average Bonchev–Trinajstić information content (AvgIpc) is 2.91. The maximum Gasteiger partial charge on any atom is 0.258 e. The van der Waals surface area contributed by atoms with E-state index < -0.39 is 0 Å². The van der Waals surface area contributed by atoms with Gasteiger partial charge in [0.25, 0.3) is 11.8 Å². The molecule has 3 aromatic carbocycles. The zero-order valence-corrected chi connectivity index (χ0v) is 18.6. The number of carbonyl (C=O) groups excluding carboxylic acids is 2. The molecular formula is C25H22Cl2N2O2. The van der Waals surface area contributed by atoms with E-state index in [1.54, 1.807) is 48.5 Å². The number of nitrogens with zero attached hydrogens (tertiary/aromatic N) is 1. The molecule has 1 aliphatic rings. The summed E-state index contributed by atoms with van der Waals surface area (Å²) in [7, 11) is 0. The molecule has 1 unspecified atom stereocenters. The minimum absolute atomic E-state index is 0.0676. The number of anilines is 2. The third kappa shape index (κ3) is 4.60. The van der Waals surface area contributed by atoms with Gasteiger partial charge >= 0.3 is 0 Å². The Balaban J connectivity index is 1.56. The fraction of sp³-hybridized carbons (Fsp3) is 0.200. The summed E-state index contributed by atoms with van der Waals surface area (Å²) in [6.07, 6.45) is 2.83. The van der Waals surface area contributed by atoms with Crippen molar-refractivity contribution in [2.45, 2.75) is 32.2 Å². The maximum absolute atomic E-state index is 13.4. The van der Waals surface area contributed by atoms with Crippen LogP contribution in [0, 0.1) is 0 Å². The molecular weight excluding hydrogens is 431 g/mol. The van der Waals surface area contributed by atoms with Crippen molar-refractivity contribution in [1.82, 2.24) is 0 Å². The summed E-state index contributed by atoms with van der Waals surface area (Å²) < 4.78 is 0. The number of hydrogen-bond donors (Lipinski definition) is 1. The molecule has 0 radical (unpaired) electrons. The molecule has 1 atom stereocenters. The highest BCUT2D eigenvalue weighted by molar-refractivity contribution is 6.34. The van der Waals surface area contributed by atoms with Gasteiger partial charge in [-0.15, -0.1) is 0 Å². The molecule has 31 heavy (non-hydrogen) atoms. The first-order chi connectivity index (χ1) is 14.9. The van der Waals surface area contributed by atoms with Crippen LogP contribution in [0.3, 0.4) is 0 Å². The molecule has 0 aromatic heterocycles. The predicted octanol–water partition coefficient (Wildman–Crippen LogP) is 6.62. The highest BCUT2D eigenvalue weighted by Gasteiger charge is 2.27. The van der Waals surface area contributed by atoms with Gasteiger partial charge in [0.15, 0.2) is 0 Å². The molecule has 4 rings (SSSR count). The molecule has 1 aliphatic heterocycles. The minimum atomic E-state index is -0.295. The van der Waals surface area contributed by atoms with Crippen LogP contribution in [0.1, 0.15) is 46.0 Å². The van der Waals surface area contributed by atoms with E-state index >= 15 is 0 Å². The van der Waals surface area contributed by atoms with Crippen molar-refractivity contribution in [2.24, 2.45) is 0 Å².